The Labute approximate surface area is 187 Å². The second kappa shape index (κ2) is 8.88. The molecule has 1 aromatic heterocycles. The summed E-state index contributed by atoms with van der Waals surface area (Å²) in [5.74, 6) is 0.195. The van der Waals surface area contributed by atoms with E-state index in [0.29, 0.717) is 26.5 Å². The summed E-state index contributed by atoms with van der Waals surface area (Å²) in [7, 11) is 0. The molecule has 0 aliphatic rings. The van der Waals surface area contributed by atoms with Crippen LogP contribution in [0.25, 0.3) is 11.5 Å². The fourth-order valence-electron chi connectivity index (χ4n) is 2.89. The molecule has 150 valence electrons. The molecule has 1 heterocycles. The fraction of sp³-hybridized carbons (Fsp3) is 0.0455. The van der Waals surface area contributed by atoms with Gasteiger partial charge in [0.15, 0.2) is 0 Å². The zero-order valence-corrected chi connectivity index (χ0v) is 17.6. The first kappa shape index (κ1) is 20.4. The Morgan fingerprint density at radius 1 is 0.833 bits per heavy atom. The summed E-state index contributed by atoms with van der Waals surface area (Å²) in [6.45, 7) is 0. The highest BCUT2D eigenvalue weighted by atomic mass is 35.5. The van der Waals surface area contributed by atoms with E-state index in [2.05, 4.69) is 15.5 Å². The van der Waals surface area contributed by atoms with Crippen LogP contribution in [0.2, 0.25) is 15.1 Å². The topological polar surface area (TPSA) is 68.0 Å². The van der Waals surface area contributed by atoms with Crippen LogP contribution in [0.1, 0.15) is 27.9 Å². The standard InChI is InChI=1S/C22H14Cl3N3O2/c23-16-8-6-13(7-9-16)19(26-20(29)15-10-17(24)12-18(25)11-15)22-28-27-21(30-22)14-4-2-1-3-5-14/h1-12,19H,(H,26,29). The molecule has 4 rings (SSSR count). The van der Waals surface area contributed by atoms with E-state index in [0.717, 1.165) is 11.1 Å². The third-order valence-corrected chi connectivity index (χ3v) is 5.00. The number of benzene rings is 3. The lowest BCUT2D eigenvalue weighted by Gasteiger charge is -2.16. The highest BCUT2D eigenvalue weighted by Gasteiger charge is 2.24. The number of carbonyl (C=O) groups excluding carboxylic acids is 1. The number of carbonyl (C=O) groups is 1. The minimum atomic E-state index is -0.697. The lowest BCUT2D eigenvalue weighted by Crippen LogP contribution is -2.29. The molecule has 0 saturated heterocycles. The average Bonchev–Trinajstić information content (AvgIpc) is 3.22. The quantitative estimate of drug-likeness (QED) is 0.386. The maximum absolute atomic E-state index is 12.9. The zero-order valence-electron chi connectivity index (χ0n) is 15.4. The van der Waals surface area contributed by atoms with Crippen molar-refractivity contribution in [3.05, 3.63) is 105 Å². The van der Waals surface area contributed by atoms with Gasteiger partial charge >= 0.3 is 0 Å². The van der Waals surface area contributed by atoms with Crippen molar-refractivity contribution in [1.29, 1.82) is 0 Å². The first-order chi connectivity index (χ1) is 14.5. The fourth-order valence-corrected chi connectivity index (χ4v) is 3.54. The Balaban J connectivity index is 1.69. The number of aromatic nitrogens is 2. The monoisotopic (exact) mass is 457 g/mol. The minimum Gasteiger partial charge on any atom is -0.418 e. The molecule has 1 amide bonds. The van der Waals surface area contributed by atoms with Crippen LogP contribution < -0.4 is 5.32 Å². The van der Waals surface area contributed by atoms with E-state index < -0.39 is 6.04 Å². The van der Waals surface area contributed by atoms with Gasteiger partial charge in [-0.3, -0.25) is 4.79 Å². The van der Waals surface area contributed by atoms with E-state index in [1.165, 1.54) is 12.1 Å². The Hall–Kier alpha value is -2.86. The van der Waals surface area contributed by atoms with Crippen LogP contribution in [0, 0.1) is 0 Å². The van der Waals surface area contributed by atoms with Crippen LogP contribution in [0.4, 0.5) is 0 Å². The first-order valence-electron chi connectivity index (χ1n) is 8.91. The summed E-state index contributed by atoms with van der Waals surface area (Å²) < 4.78 is 5.88. The minimum absolute atomic E-state index is 0.234. The number of nitrogens with one attached hydrogen (secondary N) is 1. The van der Waals surface area contributed by atoms with Gasteiger partial charge in [-0.05, 0) is 48.0 Å². The molecule has 0 aliphatic heterocycles. The normalized spacial score (nSPS) is 11.8. The molecule has 5 nitrogen and oxygen atoms in total. The van der Waals surface area contributed by atoms with Crippen LogP contribution in [0.15, 0.2) is 77.2 Å². The summed E-state index contributed by atoms with van der Waals surface area (Å²) in [6, 6.07) is 20.3. The van der Waals surface area contributed by atoms with Gasteiger partial charge in [-0.2, -0.15) is 0 Å². The smallest absolute Gasteiger partial charge is 0.252 e. The number of rotatable bonds is 5. The Morgan fingerprint density at radius 3 is 2.17 bits per heavy atom. The van der Waals surface area contributed by atoms with Crippen molar-refractivity contribution in [3.8, 4) is 11.5 Å². The summed E-state index contributed by atoms with van der Waals surface area (Å²) in [6.07, 6.45) is 0. The summed E-state index contributed by atoms with van der Waals surface area (Å²) >= 11 is 18.1. The van der Waals surface area contributed by atoms with Gasteiger partial charge in [-0.25, -0.2) is 0 Å². The van der Waals surface area contributed by atoms with Crippen molar-refractivity contribution in [2.75, 3.05) is 0 Å². The van der Waals surface area contributed by atoms with Crippen LogP contribution in [0.5, 0.6) is 0 Å². The van der Waals surface area contributed by atoms with Crippen LogP contribution >= 0.6 is 34.8 Å². The summed E-state index contributed by atoms with van der Waals surface area (Å²) in [4.78, 5) is 12.9. The van der Waals surface area contributed by atoms with E-state index in [1.807, 2.05) is 30.3 Å². The Bertz CT molecular complexity index is 1160. The largest absolute Gasteiger partial charge is 0.418 e. The van der Waals surface area contributed by atoms with E-state index >= 15 is 0 Å². The molecular formula is C22H14Cl3N3O2. The molecule has 1 unspecified atom stereocenters. The Kier molecular flexibility index (Phi) is 6.04. The molecule has 0 saturated carbocycles. The highest BCUT2D eigenvalue weighted by molar-refractivity contribution is 6.35. The number of amides is 1. The van der Waals surface area contributed by atoms with Crippen molar-refractivity contribution < 1.29 is 9.21 Å². The first-order valence-corrected chi connectivity index (χ1v) is 10.0. The zero-order chi connectivity index (χ0) is 21.1. The van der Waals surface area contributed by atoms with E-state index in [4.69, 9.17) is 39.2 Å². The molecule has 0 radical (unpaired) electrons. The van der Waals surface area contributed by atoms with Gasteiger partial charge in [0.25, 0.3) is 5.91 Å². The second-order valence-corrected chi connectivity index (χ2v) is 7.74. The summed E-state index contributed by atoms with van der Waals surface area (Å²) in [5.41, 5.74) is 1.82. The average molecular weight is 459 g/mol. The molecule has 8 heteroatoms. The molecule has 0 fully saturated rings. The number of halogens is 3. The number of hydrogen-bond donors (Lipinski definition) is 1. The predicted molar refractivity (Wildman–Crippen MR) is 117 cm³/mol. The van der Waals surface area contributed by atoms with E-state index in [9.17, 15) is 4.79 Å². The SMILES string of the molecule is O=C(NC(c1ccc(Cl)cc1)c1nnc(-c2ccccc2)o1)c1cc(Cl)cc(Cl)c1. The van der Waals surface area contributed by atoms with Crippen molar-refractivity contribution in [1.82, 2.24) is 15.5 Å². The van der Waals surface area contributed by atoms with Crippen LogP contribution in [0.3, 0.4) is 0 Å². The van der Waals surface area contributed by atoms with E-state index in [-0.39, 0.29) is 11.8 Å². The van der Waals surface area contributed by atoms with Gasteiger partial charge in [-0.15, -0.1) is 10.2 Å². The van der Waals surface area contributed by atoms with E-state index in [1.54, 1.807) is 30.3 Å². The molecule has 1 atom stereocenters. The third-order valence-electron chi connectivity index (χ3n) is 4.31. The van der Waals surface area contributed by atoms with Gasteiger partial charge in [0, 0.05) is 26.2 Å². The molecule has 0 bridgehead atoms. The van der Waals surface area contributed by atoms with Gasteiger partial charge < -0.3 is 9.73 Å². The van der Waals surface area contributed by atoms with Crippen LogP contribution in [-0.2, 0) is 0 Å². The van der Waals surface area contributed by atoms with Gasteiger partial charge in [0.05, 0.1) is 0 Å². The molecular weight excluding hydrogens is 445 g/mol. The predicted octanol–water partition coefficient (Wildman–Crippen LogP) is 6.22. The number of nitrogens with zero attached hydrogens (tertiary/aromatic N) is 2. The van der Waals surface area contributed by atoms with Gasteiger partial charge in [0.2, 0.25) is 11.8 Å². The molecule has 4 aromatic rings. The van der Waals surface area contributed by atoms with Crippen molar-refractivity contribution in [3.63, 3.8) is 0 Å². The maximum atomic E-state index is 12.9. The van der Waals surface area contributed by atoms with Gasteiger partial charge in [-0.1, -0.05) is 65.1 Å². The molecule has 30 heavy (non-hydrogen) atoms. The lowest BCUT2D eigenvalue weighted by atomic mass is 10.1. The van der Waals surface area contributed by atoms with Crippen molar-refractivity contribution >= 4 is 40.7 Å². The third kappa shape index (κ3) is 4.65. The lowest BCUT2D eigenvalue weighted by molar-refractivity contribution is 0.0938. The Morgan fingerprint density at radius 2 is 1.50 bits per heavy atom. The molecule has 1 N–H and O–H groups in total. The molecule has 0 spiro atoms. The maximum Gasteiger partial charge on any atom is 0.252 e. The second-order valence-electron chi connectivity index (χ2n) is 6.43. The van der Waals surface area contributed by atoms with Crippen molar-refractivity contribution in [2.45, 2.75) is 6.04 Å². The molecule has 0 aliphatic carbocycles. The van der Waals surface area contributed by atoms with Gasteiger partial charge in [0.1, 0.15) is 6.04 Å². The number of hydrogen-bond acceptors (Lipinski definition) is 4. The molecule has 3 aromatic carbocycles. The van der Waals surface area contributed by atoms with Crippen LogP contribution in [-0.4, -0.2) is 16.1 Å². The summed E-state index contributed by atoms with van der Waals surface area (Å²) in [5, 5.41) is 12.5. The highest BCUT2D eigenvalue weighted by Crippen LogP contribution is 2.27. The van der Waals surface area contributed by atoms with Crippen molar-refractivity contribution in [2.24, 2.45) is 0 Å².